The average Bonchev–Trinajstić information content (AvgIpc) is 3.61. The fraction of sp³-hybridized carbons (Fsp3) is 0.806. The van der Waals surface area contributed by atoms with Gasteiger partial charge in [-0.3, -0.25) is 24.0 Å². The number of likely N-dealkylation sites (tertiary alicyclic amines) is 1. The second-order valence-corrected chi connectivity index (χ2v) is 14.0. The van der Waals surface area contributed by atoms with E-state index in [2.05, 4.69) is 16.0 Å². The lowest BCUT2D eigenvalue weighted by Crippen LogP contribution is -2.62. The molecular formula is C31H51N5O6. The number of ketones is 2. The Bertz CT molecular complexity index is 1040. The number of carbonyl (C=O) groups excluding carboxylic acids is 6. The smallest absolute Gasteiger partial charge is 0.316 e. The minimum absolute atomic E-state index is 0.0587. The molecule has 0 aromatic rings. The highest BCUT2D eigenvalue weighted by molar-refractivity contribution is 6.37. The summed E-state index contributed by atoms with van der Waals surface area (Å²) in [6, 6.07) is -4.10. The topological polar surface area (TPSA) is 168 Å². The highest BCUT2D eigenvalue weighted by Crippen LogP contribution is 2.36. The van der Waals surface area contributed by atoms with Gasteiger partial charge in [-0.05, 0) is 61.7 Å². The SMILES string of the molecule is CC(=O)[C@@H](NC(=O)N[C@H](C(=O)N1CC[C@H](C(C)C)[C@H]1C(=O)N[C@H](CC1CC1)C(=O)C(N)=O)C(C)(C)C)C1CCCCC1. The Labute approximate surface area is 249 Å². The number of urea groups is 1. The molecule has 0 spiro atoms. The molecule has 11 nitrogen and oxygen atoms in total. The van der Waals surface area contributed by atoms with Crippen molar-refractivity contribution in [1.82, 2.24) is 20.9 Å². The maximum Gasteiger partial charge on any atom is 0.316 e. The van der Waals surface area contributed by atoms with E-state index in [0.717, 1.165) is 44.9 Å². The van der Waals surface area contributed by atoms with E-state index in [0.29, 0.717) is 19.4 Å². The molecule has 1 saturated heterocycles. The second kappa shape index (κ2) is 14.0. The number of nitrogens with one attached hydrogen (secondary N) is 3. The van der Waals surface area contributed by atoms with Crippen LogP contribution in [0, 0.1) is 29.1 Å². The van der Waals surface area contributed by atoms with Crippen molar-refractivity contribution in [2.24, 2.45) is 34.8 Å². The molecule has 5 atom stereocenters. The molecule has 5 amide bonds. The summed E-state index contributed by atoms with van der Waals surface area (Å²) in [6.07, 6.45) is 7.65. The van der Waals surface area contributed by atoms with Crippen LogP contribution in [0.2, 0.25) is 0 Å². The number of nitrogens with zero attached hydrogens (tertiary/aromatic N) is 1. The number of hydrogen-bond acceptors (Lipinski definition) is 6. The first-order chi connectivity index (χ1) is 19.6. The molecule has 0 radical (unpaired) electrons. The van der Waals surface area contributed by atoms with Gasteiger partial charge in [-0.15, -0.1) is 0 Å². The van der Waals surface area contributed by atoms with Crippen LogP contribution in [0.4, 0.5) is 4.79 Å². The van der Waals surface area contributed by atoms with Gasteiger partial charge in [0.25, 0.3) is 5.91 Å². The van der Waals surface area contributed by atoms with Crippen LogP contribution >= 0.6 is 0 Å². The molecule has 1 heterocycles. The van der Waals surface area contributed by atoms with Crippen molar-refractivity contribution < 1.29 is 28.8 Å². The van der Waals surface area contributed by atoms with E-state index in [9.17, 15) is 28.8 Å². The third kappa shape index (κ3) is 8.53. The molecule has 3 rings (SSSR count). The number of hydrogen-bond donors (Lipinski definition) is 4. The zero-order valence-corrected chi connectivity index (χ0v) is 26.2. The van der Waals surface area contributed by atoms with Gasteiger partial charge in [0.2, 0.25) is 17.6 Å². The van der Waals surface area contributed by atoms with Gasteiger partial charge in [-0.1, -0.05) is 66.7 Å². The van der Waals surface area contributed by atoms with Crippen LogP contribution in [0.15, 0.2) is 0 Å². The molecule has 3 aliphatic rings. The molecule has 3 fully saturated rings. The lowest BCUT2D eigenvalue weighted by Gasteiger charge is -2.37. The Hall–Kier alpha value is -2.98. The van der Waals surface area contributed by atoms with Gasteiger partial charge >= 0.3 is 6.03 Å². The number of primary amides is 1. The molecule has 11 heteroatoms. The van der Waals surface area contributed by atoms with Gasteiger partial charge in [-0.25, -0.2) is 4.79 Å². The molecule has 0 unspecified atom stereocenters. The molecule has 2 saturated carbocycles. The van der Waals surface area contributed by atoms with Crippen LogP contribution in [-0.4, -0.2) is 70.9 Å². The van der Waals surface area contributed by atoms with Crippen LogP contribution in [0.1, 0.15) is 99.3 Å². The molecular weight excluding hydrogens is 538 g/mol. The largest absolute Gasteiger partial charge is 0.363 e. The molecule has 0 bridgehead atoms. The summed E-state index contributed by atoms with van der Waals surface area (Å²) in [6.45, 7) is 11.3. The number of nitrogens with two attached hydrogens (primary N) is 1. The third-order valence-electron chi connectivity index (χ3n) is 9.23. The van der Waals surface area contributed by atoms with Crippen molar-refractivity contribution in [3.8, 4) is 0 Å². The summed E-state index contributed by atoms with van der Waals surface area (Å²) >= 11 is 0. The van der Waals surface area contributed by atoms with Crippen molar-refractivity contribution in [3.05, 3.63) is 0 Å². The summed E-state index contributed by atoms with van der Waals surface area (Å²) in [7, 11) is 0. The fourth-order valence-corrected chi connectivity index (χ4v) is 6.59. The van der Waals surface area contributed by atoms with E-state index in [4.69, 9.17) is 5.73 Å². The minimum Gasteiger partial charge on any atom is -0.363 e. The highest BCUT2D eigenvalue weighted by atomic mass is 16.2. The zero-order valence-electron chi connectivity index (χ0n) is 26.2. The highest BCUT2D eigenvalue weighted by Gasteiger charge is 2.48. The van der Waals surface area contributed by atoms with Gasteiger partial charge in [0.05, 0.1) is 12.1 Å². The van der Waals surface area contributed by atoms with E-state index < -0.39 is 59.1 Å². The number of rotatable bonds is 12. The van der Waals surface area contributed by atoms with Gasteiger partial charge < -0.3 is 26.6 Å². The average molecular weight is 590 g/mol. The Morgan fingerprint density at radius 3 is 2.00 bits per heavy atom. The van der Waals surface area contributed by atoms with Crippen LogP contribution in [0.5, 0.6) is 0 Å². The summed E-state index contributed by atoms with van der Waals surface area (Å²) in [4.78, 5) is 79.4. The van der Waals surface area contributed by atoms with Crippen molar-refractivity contribution >= 4 is 35.3 Å². The standard InChI is InChI=1S/C31H51N5O6/c1-17(2)21-14-15-36(24(21)28(40)33-22(16-19-12-13-19)25(38)27(32)39)29(41)26(31(4,5)6)35-30(42)34-23(18(3)37)20-10-8-7-9-11-20/h17,19-24,26H,7-16H2,1-6H3,(H2,32,39)(H,33,40)(H2,34,35,42)/t21-,22-,23-,24+,26-/m1/s1. The van der Waals surface area contributed by atoms with Crippen molar-refractivity contribution in [2.75, 3.05) is 6.54 Å². The van der Waals surface area contributed by atoms with Crippen LogP contribution in [0.3, 0.4) is 0 Å². The minimum atomic E-state index is -1.10. The Morgan fingerprint density at radius 2 is 1.50 bits per heavy atom. The van der Waals surface area contributed by atoms with E-state index in [-0.39, 0.29) is 29.5 Å². The summed E-state index contributed by atoms with van der Waals surface area (Å²) in [5.74, 6) is -2.75. The number of Topliss-reactive ketones (excluding diaryl/α,β-unsaturated/α-hetero) is 2. The molecule has 0 aromatic heterocycles. The number of amides is 5. The van der Waals surface area contributed by atoms with E-state index in [1.165, 1.54) is 11.8 Å². The van der Waals surface area contributed by atoms with E-state index >= 15 is 0 Å². The van der Waals surface area contributed by atoms with Gasteiger partial charge in [0.1, 0.15) is 12.1 Å². The molecule has 2 aliphatic carbocycles. The fourth-order valence-electron chi connectivity index (χ4n) is 6.59. The zero-order chi connectivity index (χ0) is 31.4. The van der Waals surface area contributed by atoms with E-state index in [1.807, 2.05) is 34.6 Å². The van der Waals surface area contributed by atoms with Crippen LogP contribution in [-0.2, 0) is 24.0 Å². The predicted molar refractivity (Wildman–Crippen MR) is 158 cm³/mol. The van der Waals surface area contributed by atoms with Crippen molar-refractivity contribution in [1.29, 1.82) is 0 Å². The van der Waals surface area contributed by atoms with Crippen molar-refractivity contribution in [3.63, 3.8) is 0 Å². The predicted octanol–water partition coefficient (Wildman–Crippen LogP) is 2.45. The van der Waals surface area contributed by atoms with Crippen LogP contribution < -0.4 is 21.7 Å². The molecule has 5 N–H and O–H groups in total. The lowest BCUT2D eigenvalue weighted by molar-refractivity contribution is -0.144. The summed E-state index contributed by atoms with van der Waals surface area (Å²) in [5, 5.41) is 8.42. The maximum absolute atomic E-state index is 14.1. The summed E-state index contributed by atoms with van der Waals surface area (Å²) in [5.41, 5.74) is 4.57. The van der Waals surface area contributed by atoms with Gasteiger partial charge in [-0.2, -0.15) is 0 Å². The quantitative estimate of drug-likeness (QED) is 0.255. The first-order valence-corrected chi connectivity index (χ1v) is 15.6. The van der Waals surface area contributed by atoms with Gasteiger partial charge in [0, 0.05) is 6.54 Å². The molecule has 236 valence electrons. The molecule has 42 heavy (non-hydrogen) atoms. The maximum atomic E-state index is 14.1. The Balaban J connectivity index is 1.80. The monoisotopic (exact) mass is 589 g/mol. The summed E-state index contributed by atoms with van der Waals surface area (Å²) < 4.78 is 0. The third-order valence-corrected chi connectivity index (χ3v) is 9.23. The number of carbonyl (C=O) groups is 6. The van der Waals surface area contributed by atoms with Crippen molar-refractivity contribution in [2.45, 2.75) is 123 Å². The van der Waals surface area contributed by atoms with E-state index in [1.54, 1.807) is 0 Å². The second-order valence-electron chi connectivity index (χ2n) is 14.0. The normalized spacial score (nSPS) is 23.5. The molecule has 1 aliphatic heterocycles. The molecule has 0 aromatic carbocycles. The Morgan fingerprint density at radius 1 is 0.881 bits per heavy atom. The first-order valence-electron chi connectivity index (χ1n) is 15.6. The Kier molecular flexibility index (Phi) is 11.2. The first kappa shape index (κ1) is 33.5. The van der Waals surface area contributed by atoms with Gasteiger partial charge in [0.15, 0.2) is 5.78 Å². The lowest BCUT2D eigenvalue weighted by atomic mass is 9.82. The van der Waals surface area contributed by atoms with Crippen LogP contribution in [0.25, 0.3) is 0 Å².